The number of nitrogens with zero attached hydrogens (tertiary/aromatic N) is 3. The second kappa shape index (κ2) is 5.00. The third kappa shape index (κ3) is 2.14. The van der Waals surface area contributed by atoms with Crippen LogP contribution in [0.2, 0.25) is 0 Å². The number of rotatable bonds is 4. The molecule has 1 aromatic heterocycles. The van der Waals surface area contributed by atoms with Gasteiger partial charge >= 0.3 is 0 Å². The Morgan fingerprint density at radius 3 is 2.88 bits per heavy atom. The first-order valence-corrected chi connectivity index (χ1v) is 6.43. The topological polar surface area (TPSA) is 29.0 Å². The number of alkyl halides is 1. The van der Waals surface area contributed by atoms with Crippen molar-refractivity contribution in [3.05, 3.63) is 17.6 Å². The zero-order valence-corrected chi connectivity index (χ0v) is 10.7. The molecule has 1 aliphatic rings. The highest BCUT2D eigenvalue weighted by Gasteiger charge is 2.21. The molecule has 0 radical (unpaired) electrons. The van der Waals surface area contributed by atoms with Crippen LogP contribution in [0.1, 0.15) is 31.5 Å². The lowest BCUT2D eigenvalue weighted by atomic mass is 10.2. The summed E-state index contributed by atoms with van der Waals surface area (Å²) in [6, 6.07) is 0.429. The van der Waals surface area contributed by atoms with E-state index >= 15 is 0 Å². The molecule has 0 unspecified atom stereocenters. The summed E-state index contributed by atoms with van der Waals surface area (Å²) in [5, 5.41) is 0. The van der Waals surface area contributed by atoms with Crippen LogP contribution in [0.15, 0.2) is 6.33 Å². The van der Waals surface area contributed by atoms with E-state index in [1.807, 2.05) is 0 Å². The van der Waals surface area contributed by atoms with Crippen molar-refractivity contribution < 1.29 is 0 Å². The highest BCUT2D eigenvalue weighted by atomic mass is 35.5. The van der Waals surface area contributed by atoms with E-state index in [1.54, 1.807) is 6.33 Å². The van der Waals surface area contributed by atoms with Gasteiger partial charge in [-0.15, -0.1) is 11.6 Å². The molecule has 1 aromatic rings. The van der Waals surface area contributed by atoms with Crippen molar-refractivity contribution in [1.29, 1.82) is 0 Å². The monoisotopic (exact) mass is 239 g/mol. The minimum atomic E-state index is 0.429. The fourth-order valence-electron chi connectivity index (χ4n) is 2.29. The number of hydrogen-bond donors (Lipinski definition) is 0. The fourth-order valence-corrected chi connectivity index (χ4v) is 2.47. The summed E-state index contributed by atoms with van der Waals surface area (Å²) in [6.07, 6.45) is 5.09. The summed E-state index contributed by atoms with van der Waals surface area (Å²) in [7, 11) is 0. The largest absolute Gasteiger partial charge is 0.353 e. The third-order valence-corrected chi connectivity index (χ3v) is 3.24. The second-order valence-corrected chi connectivity index (χ2v) is 4.83. The first-order chi connectivity index (χ1) is 7.74. The number of hydrogen-bond acceptors (Lipinski definition) is 3. The van der Waals surface area contributed by atoms with Crippen LogP contribution < -0.4 is 4.90 Å². The van der Waals surface area contributed by atoms with Crippen LogP contribution in [0.5, 0.6) is 0 Å². The van der Waals surface area contributed by atoms with Gasteiger partial charge in [0.05, 0.1) is 0 Å². The van der Waals surface area contributed by atoms with Crippen LogP contribution in [0.4, 0.5) is 5.82 Å². The summed E-state index contributed by atoms with van der Waals surface area (Å²) >= 11 is 5.86. The van der Waals surface area contributed by atoms with E-state index in [0.29, 0.717) is 11.9 Å². The Morgan fingerprint density at radius 2 is 2.19 bits per heavy atom. The minimum absolute atomic E-state index is 0.429. The number of aryl methyl sites for hydroxylation is 1. The molecule has 0 aromatic carbocycles. The Morgan fingerprint density at radius 1 is 1.38 bits per heavy atom. The average molecular weight is 240 g/mol. The van der Waals surface area contributed by atoms with Crippen molar-refractivity contribution in [3.8, 4) is 0 Å². The molecule has 1 heterocycles. The number of fused-ring (bicyclic) bond motifs is 1. The maximum atomic E-state index is 5.86. The van der Waals surface area contributed by atoms with Gasteiger partial charge in [0.25, 0.3) is 0 Å². The standard InChI is InChI=1S/C12H18ClN3/c1-9(2)16(7-6-13)12-10-4-3-5-11(10)14-8-15-12/h8-9H,3-7H2,1-2H3. The summed E-state index contributed by atoms with van der Waals surface area (Å²) < 4.78 is 0. The van der Waals surface area contributed by atoms with E-state index < -0.39 is 0 Å². The zero-order chi connectivity index (χ0) is 11.5. The van der Waals surface area contributed by atoms with Gasteiger partial charge < -0.3 is 4.90 Å². The van der Waals surface area contributed by atoms with Crippen molar-refractivity contribution in [1.82, 2.24) is 9.97 Å². The lowest BCUT2D eigenvalue weighted by molar-refractivity contribution is 0.689. The lowest BCUT2D eigenvalue weighted by Crippen LogP contribution is -2.34. The maximum absolute atomic E-state index is 5.86. The summed E-state index contributed by atoms with van der Waals surface area (Å²) in [5.41, 5.74) is 2.56. The predicted octanol–water partition coefficient (Wildman–Crippen LogP) is 2.42. The Hall–Kier alpha value is -0.830. The molecule has 0 aliphatic heterocycles. The van der Waals surface area contributed by atoms with Crippen molar-refractivity contribution in [3.63, 3.8) is 0 Å². The lowest BCUT2D eigenvalue weighted by Gasteiger charge is -2.28. The molecule has 0 spiro atoms. The van der Waals surface area contributed by atoms with E-state index in [-0.39, 0.29) is 0 Å². The number of aromatic nitrogens is 2. The smallest absolute Gasteiger partial charge is 0.135 e. The van der Waals surface area contributed by atoms with Crippen molar-refractivity contribution in [2.75, 3.05) is 17.3 Å². The molecule has 0 atom stereocenters. The zero-order valence-electron chi connectivity index (χ0n) is 9.91. The fraction of sp³-hybridized carbons (Fsp3) is 0.667. The van der Waals surface area contributed by atoms with E-state index in [1.165, 1.54) is 17.7 Å². The Labute approximate surface area is 102 Å². The second-order valence-electron chi connectivity index (χ2n) is 4.45. The van der Waals surface area contributed by atoms with Crippen molar-refractivity contribution >= 4 is 17.4 Å². The Kier molecular flexibility index (Phi) is 3.64. The molecule has 88 valence electrons. The molecule has 2 rings (SSSR count). The molecule has 1 aliphatic carbocycles. The molecule has 0 saturated carbocycles. The Balaban J connectivity index is 2.34. The molecule has 16 heavy (non-hydrogen) atoms. The first-order valence-electron chi connectivity index (χ1n) is 5.89. The quantitative estimate of drug-likeness (QED) is 0.756. The molecule has 0 saturated heterocycles. The SMILES string of the molecule is CC(C)N(CCCl)c1ncnc2c1CCC2. The van der Waals surface area contributed by atoms with Gasteiger partial charge in [-0.2, -0.15) is 0 Å². The van der Waals surface area contributed by atoms with Gasteiger partial charge in [-0.1, -0.05) is 0 Å². The van der Waals surface area contributed by atoms with Gasteiger partial charge in [-0.25, -0.2) is 9.97 Å². The summed E-state index contributed by atoms with van der Waals surface area (Å²) in [5.74, 6) is 1.73. The van der Waals surface area contributed by atoms with Gasteiger partial charge in [0.2, 0.25) is 0 Å². The third-order valence-electron chi connectivity index (χ3n) is 3.07. The van der Waals surface area contributed by atoms with E-state index in [9.17, 15) is 0 Å². The van der Waals surface area contributed by atoms with E-state index in [2.05, 4.69) is 28.7 Å². The highest BCUT2D eigenvalue weighted by molar-refractivity contribution is 6.18. The first kappa shape index (κ1) is 11.6. The van der Waals surface area contributed by atoms with Crippen molar-refractivity contribution in [2.45, 2.75) is 39.2 Å². The molecule has 4 heteroatoms. The van der Waals surface area contributed by atoms with Crippen LogP contribution in [-0.2, 0) is 12.8 Å². The molecular formula is C12H18ClN3. The molecule has 0 fully saturated rings. The van der Waals surface area contributed by atoms with Gasteiger partial charge in [-0.3, -0.25) is 0 Å². The normalized spacial score (nSPS) is 14.2. The van der Waals surface area contributed by atoms with Gasteiger partial charge in [0, 0.05) is 29.7 Å². The van der Waals surface area contributed by atoms with Crippen LogP contribution in [0.3, 0.4) is 0 Å². The van der Waals surface area contributed by atoms with Gasteiger partial charge in [0.15, 0.2) is 0 Å². The summed E-state index contributed by atoms with van der Waals surface area (Å²) in [6.45, 7) is 5.20. The van der Waals surface area contributed by atoms with Crippen molar-refractivity contribution in [2.24, 2.45) is 0 Å². The maximum Gasteiger partial charge on any atom is 0.135 e. The molecule has 0 amide bonds. The van der Waals surface area contributed by atoms with Gasteiger partial charge in [-0.05, 0) is 33.1 Å². The van der Waals surface area contributed by atoms with Gasteiger partial charge in [0.1, 0.15) is 12.1 Å². The molecule has 3 nitrogen and oxygen atoms in total. The molecule has 0 N–H and O–H groups in total. The predicted molar refractivity (Wildman–Crippen MR) is 67.3 cm³/mol. The average Bonchev–Trinajstić information content (AvgIpc) is 2.73. The highest BCUT2D eigenvalue weighted by Crippen LogP contribution is 2.28. The van der Waals surface area contributed by atoms with E-state index in [0.717, 1.165) is 25.2 Å². The van der Waals surface area contributed by atoms with Crippen LogP contribution in [-0.4, -0.2) is 28.4 Å². The molecular weight excluding hydrogens is 222 g/mol. The number of halogens is 1. The molecule has 0 bridgehead atoms. The van der Waals surface area contributed by atoms with Crippen LogP contribution in [0.25, 0.3) is 0 Å². The Bertz CT molecular complexity index is 365. The van der Waals surface area contributed by atoms with Crippen LogP contribution in [0, 0.1) is 0 Å². The minimum Gasteiger partial charge on any atom is -0.353 e. The van der Waals surface area contributed by atoms with Crippen LogP contribution >= 0.6 is 11.6 Å². The summed E-state index contributed by atoms with van der Waals surface area (Å²) in [4.78, 5) is 11.1. The van der Waals surface area contributed by atoms with E-state index in [4.69, 9.17) is 11.6 Å². The number of anilines is 1.